The van der Waals surface area contributed by atoms with E-state index in [-0.39, 0.29) is 6.10 Å². The zero-order valence-electron chi connectivity index (χ0n) is 10.6. The molecule has 1 fully saturated rings. The zero-order chi connectivity index (χ0) is 12.3. The first-order valence-electron chi connectivity index (χ1n) is 5.84. The van der Waals surface area contributed by atoms with E-state index in [0.29, 0.717) is 5.75 Å². The van der Waals surface area contributed by atoms with Gasteiger partial charge in [0.2, 0.25) is 5.75 Å². The van der Waals surface area contributed by atoms with E-state index in [1.807, 2.05) is 19.1 Å². The number of benzene rings is 1. The van der Waals surface area contributed by atoms with Gasteiger partial charge < -0.3 is 19.5 Å². The predicted molar refractivity (Wildman–Crippen MR) is 66.2 cm³/mol. The van der Waals surface area contributed by atoms with Crippen molar-refractivity contribution in [1.29, 1.82) is 0 Å². The lowest BCUT2D eigenvalue weighted by Gasteiger charge is -2.18. The quantitative estimate of drug-likeness (QED) is 0.866. The maximum Gasteiger partial charge on any atom is 0.203 e. The summed E-state index contributed by atoms with van der Waals surface area (Å²) in [7, 11) is 3.29. The third kappa shape index (κ3) is 2.64. The Hall–Kier alpha value is -1.42. The van der Waals surface area contributed by atoms with Gasteiger partial charge in [-0.05, 0) is 37.6 Å². The first kappa shape index (κ1) is 12.0. The number of nitrogens with one attached hydrogen (secondary N) is 1. The van der Waals surface area contributed by atoms with Crippen LogP contribution >= 0.6 is 0 Å². The average Bonchev–Trinajstić information content (AvgIpc) is 2.83. The molecule has 1 N–H and O–H groups in total. The van der Waals surface area contributed by atoms with Crippen LogP contribution in [0, 0.1) is 6.92 Å². The molecule has 4 heteroatoms. The van der Waals surface area contributed by atoms with Crippen molar-refractivity contribution in [2.24, 2.45) is 0 Å². The molecule has 17 heavy (non-hydrogen) atoms. The number of rotatable bonds is 4. The lowest BCUT2D eigenvalue weighted by molar-refractivity contribution is 0.202. The van der Waals surface area contributed by atoms with Crippen LogP contribution in [0.3, 0.4) is 0 Å². The van der Waals surface area contributed by atoms with Crippen molar-refractivity contribution >= 4 is 0 Å². The van der Waals surface area contributed by atoms with Crippen molar-refractivity contribution in [3.8, 4) is 17.2 Å². The van der Waals surface area contributed by atoms with E-state index in [0.717, 1.165) is 36.6 Å². The normalized spacial score (nSPS) is 19.1. The Morgan fingerprint density at radius 3 is 2.29 bits per heavy atom. The standard InChI is InChI=1S/C13H19NO3/c1-9-6-11(15-2)13(12(7-9)16-3)17-10-4-5-14-8-10/h6-7,10,14H,4-5,8H2,1-3H3/t10-/m0/s1. The second-order valence-electron chi connectivity index (χ2n) is 4.23. The third-order valence-corrected chi connectivity index (χ3v) is 2.90. The van der Waals surface area contributed by atoms with Crippen molar-refractivity contribution < 1.29 is 14.2 Å². The van der Waals surface area contributed by atoms with Crippen molar-refractivity contribution in [2.45, 2.75) is 19.4 Å². The Morgan fingerprint density at radius 1 is 1.18 bits per heavy atom. The fourth-order valence-electron chi connectivity index (χ4n) is 2.02. The predicted octanol–water partition coefficient (Wildman–Crippen LogP) is 1.75. The van der Waals surface area contributed by atoms with Gasteiger partial charge in [0.15, 0.2) is 11.5 Å². The molecule has 0 saturated carbocycles. The summed E-state index contributed by atoms with van der Waals surface area (Å²) in [5.41, 5.74) is 1.09. The molecule has 1 aromatic carbocycles. The number of ether oxygens (including phenoxy) is 3. The molecular formula is C13H19NO3. The van der Waals surface area contributed by atoms with Crippen LogP contribution < -0.4 is 19.5 Å². The van der Waals surface area contributed by atoms with E-state index >= 15 is 0 Å². The number of hydrogen-bond donors (Lipinski definition) is 1. The summed E-state index contributed by atoms with van der Waals surface area (Å²) in [4.78, 5) is 0. The van der Waals surface area contributed by atoms with E-state index in [4.69, 9.17) is 14.2 Å². The molecule has 2 rings (SSSR count). The summed E-state index contributed by atoms with van der Waals surface area (Å²) in [6.07, 6.45) is 1.21. The Labute approximate surface area is 102 Å². The van der Waals surface area contributed by atoms with Crippen molar-refractivity contribution in [3.63, 3.8) is 0 Å². The highest BCUT2D eigenvalue weighted by molar-refractivity contribution is 5.53. The minimum absolute atomic E-state index is 0.195. The minimum Gasteiger partial charge on any atom is -0.493 e. The van der Waals surface area contributed by atoms with Crippen LogP contribution in [0.5, 0.6) is 17.2 Å². The number of hydrogen-bond acceptors (Lipinski definition) is 4. The Balaban J connectivity index is 2.28. The lowest BCUT2D eigenvalue weighted by Crippen LogP contribution is -2.20. The van der Waals surface area contributed by atoms with Crippen molar-refractivity contribution in [2.75, 3.05) is 27.3 Å². The summed E-state index contributed by atoms with van der Waals surface area (Å²) < 4.78 is 16.7. The van der Waals surface area contributed by atoms with Crippen molar-refractivity contribution in [1.82, 2.24) is 5.32 Å². The molecule has 0 aliphatic carbocycles. The topological polar surface area (TPSA) is 39.7 Å². The molecule has 0 spiro atoms. The van der Waals surface area contributed by atoms with Gasteiger partial charge in [-0.25, -0.2) is 0 Å². The second kappa shape index (κ2) is 5.27. The summed E-state index contributed by atoms with van der Waals surface area (Å²) in [5.74, 6) is 2.16. The molecule has 1 aliphatic rings. The zero-order valence-corrected chi connectivity index (χ0v) is 10.6. The second-order valence-corrected chi connectivity index (χ2v) is 4.23. The molecule has 1 saturated heterocycles. The van der Waals surface area contributed by atoms with Gasteiger partial charge in [0, 0.05) is 6.54 Å². The first-order chi connectivity index (χ1) is 8.24. The largest absolute Gasteiger partial charge is 0.493 e. The Bertz CT molecular complexity index is 361. The van der Waals surface area contributed by atoms with Crippen LogP contribution in [-0.2, 0) is 0 Å². The minimum atomic E-state index is 0.195. The highest BCUT2D eigenvalue weighted by Crippen LogP contribution is 2.39. The van der Waals surface area contributed by atoms with Gasteiger partial charge in [-0.2, -0.15) is 0 Å². The SMILES string of the molecule is COc1cc(C)cc(OC)c1O[C@H]1CCNC1. The summed E-state index contributed by atoms with van der Waals surface area (Å²) in [5, 5.41) is 3.27. The average molecular weight is 237 g/mol. The van der Waals surface area contributed by atoms with Gasteiger partial charge in [-0.15, -0.1) is 0 Å². The molecule has 1 atom stereocenters. The maximum atomic E-state index is 5.96. The summed E-state index contributed by atoms with van der Waals surface area (Å²) >= 11 is 0. The molecule has 1 aromatic rings. The summed E-state index contributed by atoms with van der Waals surface area (Å²) in [6, 6.07) is 3.92. The molecule has 0 aromatic heterocycles. The van der Waals surface area contributed by atoms with Gasteiger partial charge in [0.1, 0.15) is 6.10 Å². The van der Waals surface area contributed by atoms with Crippen LogP contribution in [0.1, 0.15) is 12.0 Å². The highest BCUT2D eigenvalue weighted by atomic mass is 16.5. The van der Waals surface area contributed by atoms with E-state index in [1.54, 1.807) is 14.2 Å². The molecule has 94 valence electrons. The number of aryl methyl sites for hydroxylation is 1. The monoisotopic (exact) mass is 237 g/mol. The number of methoxy groups -OCH3 is 2. The van der Waals surface area contributed by atoms with E-state index in [2.05, 4.69) is 5.32 Å². The molecule has 0 unspecified atom stereocenters. The molecule has 0 radical (unpaired) electrons. The molecule has 0 bridgehead atoms. The molecule has 1 heterocycles. The van der Waals surface area contributed by atoms with Crippen LogP contribution in [0.15, 0.2) is 12.1 Å². The van der Waals surface area contributed by atoms with Gasteiger partial charge in [0.05, 0.1) is 14.2 Å². The van der Waals surface area contributed by atoms with Gasteiger partial charge in [-0.1, -0.05) is 0 Å². The van der Waals surface area contributed by atoms with E-state index < -0.39 is 0 Å². The van der Waals surface area contributed by atoms with Crippen LogP contribution in [0.25, 0.3) is 0 Å². The molecular weight excluding hydrogens is 218 g/mol. The van der Waals surface area contributed by atoms with Gasteiger partial charge >= 0.3 is 0 Å². The van der Waals surface area contributed by atoms with E-state index in [9.17, 15) is 0 Å². The molecule has 1 aliphatic heterocycles. The fourth-order valence-corrected chi connectivity index (χ4v) is 2.02. The van der Waals surface area contributed by atoms with Gasteiger partial charge in [0.25, 0.3) is 0 Å². The smallest absolute Gasteiger partial charge is 0.203 e. The Kier molecular flexibility index (Phi) is 3.74. The van der Waals surface area contributed by atoms with Crippen LogP contribution in [0.2, 0.25) is 0 Å². The third-order valence-electron chi connectivity index (χ3n) is 2.90. The van der Waals surface area contributed by atoms with Crippen molar-refractivity contribution in [3.05, 3.63) is 17.7 Å². The van der Waals surface area contributed by atoms with Crippen LogP contribution in [-0.4, -0.2) is 33.4 Å². The fraction of sp³-hybridized carbons (Fsp3) is 0.538. The van der Waals surface area contributed by atoms with Crippen LogP contribution in [0.4, 0.5) is 0 Å². The van der Waals surface area contributed by atoms with Gasteiger partial charge in [-0.3, -0.25) is 0 Å². The maximum absolute atomic E-state index is 5.96. The molecule has 0 amide bonds. The summed E-state index contributed by atoms with van der Waals surface area (Å²) in [6.45, 7) is 3.88. The Morgan fingerprint density at radius 2 is 1.82 bits per heavy atom. The molecule has 4 nitrogen and oxygen atoms in total. The first-order valence-corrected chi connectivity index (χ1v) is 5.84. The lowest BCUT2D eigenvalue weighted by atomic mass is 10.2. The highest BCUT2D eigenvalue weighted by Gasteiger charge is 2.21. The van der Waals surface area contributed by atoms with E-state index in [1.165, 1.54) is 0 Å².